The lowest BCUT2D eigenvalue weighted by Crippen LogP contribution is -2.26. The Labute approximate surface area is 194 Å². The van der Waals surface area contributed by atoms with Crippen LogP contribution in [0, 0.1) is 16.9 Å². The summed E-state index contributed by atoms with van der Waals surface area (Å²) in [6.07, 6.45) is -2.30. The molecule has 6 nitrogen and oxygen atoms in total. The Hall–Kier alpha value is -3.96. The van der Waals surface area contributed by atoms with Crippen molar-refractivity contribution in [3.05, 3.63) is 83.1 Å². The van der Waals surface area contributed by atoms with Gasteiger partial charge in [0, 0.05) is 17.5 Å². The minimum Gasteiger partial charge on any atom is -0.619 e. The van der Waals surface area contributed by atoms with Crippen molar-refractivity contribution in [1.82, 2.24) is 0 Å². The molecule has 0 spiro atoms. The van der Waals surface area contributed by atoms with Gasteiger partial charge in [-0.15, -0.1) is 13.2 Å². The SMILES string of the molecule is O=C(Nc1ccc[n+]([O-])c1)c1c(F)cc(C(F)(F)C2CC2)cc1Oc1ccc(OC(F)(F)F)cc1. The maximum atomic E-state index is 15.0. The predicted molar refractivity (Wildman–Crippen MR) is 110 cm³/mol. The van der Waals surface area contributed by atoms with Gasteiger partial charge in [0.15, 0.2) is 6.20 Å². The van der Waals surface area contributed by atoms with Gasteiger partial charge in [0.25, 0.3) is 11.8 Å². The largest absolute Gasteiger partial charge is 0.619 e. The van der Waals surface area contributed by atoms with Crippen LogP contribution in [0.4, 0.5) is 32.0 Å². The van der Waals surface area contributed by atoms with E-state index in [-0.39, 0.29) is 24.3 Å². The van der Waals surface area contributed by atoms with Crippen LogP contribution in [0.1, 0.15) is 28.8 Å². The number of anilines is 1. The average molecular weight is 498 g/mol. The van der Waals surface area contributed by atoms with E-state index < -0.39 is 52.6 Å². The lowest BCUT2D eigenvalue weighted by atomic mass is 10.0. The molecule has 0 bridgehead atoms. The van der Waals surface area contributed by atoms with Gasteiger partial charge >= 0.3 is 6.36 Å². The molecule has 1 heterocycles. The van der Waals surface area contributed by atoms with E-state index in [1.54, 1.807) is 0 Å². The van der Waals surface area contributed by atoms with Crippen molar-refractivity contribution in [3.63, 3.8) is 0 Å². The number of rotatable bonds is 7. The van der Waals surface area contributed by atoms with Crippen LogP contribution >= 0.6 is 0 Å². The molecule has 0 atom stereocenters. The number of hydrogen-bond donors (Lipinski definition) is 1. The first-order chi connectivity index (χ1) is 16.4. The number of hydrogen-bond acceptors (Lipinski definition) is 4. The molecule has 0 aliphatic heterocycles. The molecule has 184 valence electrons. The third-order valence-electron chi connectivity index (χ3n) is 5.07. The summed E-state index contributed by atoms with van der Waals surface area (Å²) >= 11 is 0. The lowest BCUT2D eigenvalue weighted by molar-refractivity contribution is -0.604. The van der Waals surface area contributed by atoms with E-state index in [0.717, 1.165) is 42.7 Å². The highest BCUT2D eigenvalue weighted by molar-refractivity contribution is 6.06. The van der Waals surface area contributed by atoms with E-state index in [1.807, 2.05) is 0 Å². The van der Waals surface area contributed by atoms with Crippen LogP contribution in [0.2, 0.25) is 0 Å². The summed E-state index contributed by atoms with van der Waals surface area (Å²) in [5.74, 6) is -8.10. The number of aromatic nitrogens is 1. The zero-order chi connectivity index (χ0) is 25.4. The molecule has 1 aliphatic rings. The van der Waals surface area contributed by atoms with Gasteiger partial charge in [0.05, 0.1) is 0 Å². The summed E-state index contributed by atoms with van der Waals surface area (Å²) < 4.78 is 91.1. The van der Waals surface area contributed by atoms with Crippen LogP contribution in [-0.2, 0) is 5.92 Å². The first-order valence-electron chi connectivity index (χ1n) is 10.2. The monoisotopic (exact) mass is 498 g/mol. The maximum absolute atomic E-state index is 15.0. The van der Waals surface area contributed by atoms with Gasteiger partial charge in [0.1, 0.15) is 34.3 Å². The molecule has 3 aromatic rings. The van der Waals surface area contributed by atoms with Crippen molar-refractivity contribution in [2.24, 2.45) is 5.92 Å². The minimum atomic E-state index is -4.93. The topological polar surface area (TPSA) is 74.5 Å². The van der Waals surface area contributed by atoms with Gasteiger partial charge in [-0.1, -0.05) is 0 Å². The van der Waals surface area contributed by atoms with Crippen LogP contribution in [-0.4, -0.2) is 12.3 Å². The molecule has 35 heavy (non-hydrogen) atoms. The molecule has 2 aromatic carbocycles. The van der Waals surface area contributed by atoms with E-state index in [4.69, 9.17) is 4.74 Å². The zero-order valence-corrected chi connectivity index (χ0v) is 17.6. The fourth-order valence-electron chi connectivity index (χ4n) is 3.31. The van der Waals surface area contributed by atoms with Crippen LogP contribution in [0.15, 0.2) is 60.9 Å². The first-order valence-corrected chi connectivity index (χ1v) is 10.2. The normalized spacial score (nSPS) is 13.9. The number of benzene rings is 2. The Morgan fingerprint density at radius 3 is 2.29 bits per heavy atom. The third-order valence-corrected chi connectivity index (χ3v) is 5.07. The van der Waals surface area contributed by atoms with E-state index in [0.29, 0.717) is 10.8 Å². The highest BCUT2D eigenvalue weighted by Crippen LogP contribution is 2.50. The second kappa shape index (κ2) is 9.01. The molecule has 1 fully saturated rings. The van der Waals surface area contributed by atoms with E-state index in [9.17, 15) is 32.0 Å². The van der Waals surface area contributed by atoms with Crippen molar-refractivity contribution in [1.29, 1.82) is 0 Å². The molecule has 1 saturated carbocycles. The second-order valence-electron chi connectivity index (χ2n) is 7.76. The van der Waals surface area contributed by atoms with Crippen LogP contribution in [0.5, 0.6) is 17.2 Å². The number of amides is 1. The van der Waals surface area contributed by atoms with Gasteiger partial charge in [0.2, 0.25) is 6.20 Å². The van der Waals surface area contributed by atoms with Crippen molar-refractivity contribution >= 4 is 11.6 Å². The number of alkyl halides is 5. The van der Waals surface area contributed by atoms with Crippen molar-refractivity contribution < 1.29 is 45.3 Å². The van der Waals surface area contributed by atoms with Gasteiger partial charge in [-0.3, -0.25) is 4.79 Å². The number of nitrogens with zero attached hydrogens (tertiary/aromatic N) is 1. The Morgan fingerprint density at radius 2 is 1.69 bits per heavy atom. The smallest absolute Gasteiger partial charge is 0.573 e. The number of nitrogens with one attached hydrogen (secondary N) is 1. The van der Waals surface area contributed by atoms with Gasteiger partial charge in [-0.05, 0) is 55.3 Å². The molecular weight excluding hydrogens is 482 g/mol. The number of pyridine rings is 1. The molecule has 0 radical (unpaired) electrons. The van der Waals surface area contributed by atoms with E-state index in [2.05, 4.69) is 10.1 Å². The molecule has 1 aromatic heterocycles. The van der Waals surface area contributed by atoms with Crippen LogP contribution in [0.25, 0.3) is 0 Å². The third kappa shape index (κ3) is 5.76. The van der Waals surface area contributed by atoms with Gasteiger partial charge in [-0.25, -0.2) is 13.2 Å². The summed E-state index contributed by atoms with van der Waals surface area (Å²) in [5.41, 5.74) is -1.45. The highest BCUT2D eigenvalue weighted by Gasteiger charge is 2.48. The van der Waals surface area contributed by atoms with E-state index >= 15 is 4.39 Å². The number of carbonyl (C=O) groups excluding carboxylic acids is 1. The number of carbonyl (C=O) groups is 1. The summed E-state index contributed by atoms with van der Waals surface area (Å²) in [5, 5.41) is 13.7. The van der Waals surface area contributed by atoms with Crippen molar-refractivity contribution in [2.75, 3.05) is 5.32 Å². The molecule has 0 unspecified atom stereocenters. The summed E-state index contributed by atoms with van der Waals surface area (Å²) in [4.78, 5) is 12.8. The molecule has 0 saturated heterocycles. The molecule has 12 heteroatoms. The zero-order valence-electron chi connectivity index (χ0n) is 17.6. The highest BCUT2D eigenvalue weighted by atomic mass is 19.4. The Balaban J connectivity index is 1.69. The lowest BCUT2D eigenvalue weighted by Gasteiger charge is -2.19. The van der Waals surface area contributed by atoms with Gasteiger partial charge in [-0.2, -0.15) is 4.73 Å². The minimum absolute atomic E-state index is 0.00103. The Kier molecular flexibility index (Phi) is 6.22. The first kappa shape index (κ1) is 24.2. The summed E-state index contributed by atoms with van der Waals surface area (Å²) in [7, 11) is 0. The van der Waals surface area contributed by atoms with Crippen molar-refractivity contribution in [2.45, 2.75) is 25.1 Å². The molecule has 1 N–H and O–H groups in total. The molecule has 1 aliphatic carbocycles. The van der Waals surface area contributed by atoms with Gasteiger partial charge < -0.3 is 20.0 Å². The standard InChI is InChI=1S/C23H16F6N2O4/c24-18-10-14(22(25,26)13-3-4-13)11-19(20(18)21(32)30-15-2-1-9-31(33)12-15)34-16-5-7-17(8-6-16)35-23(27,28)29/h1-2,5-13H,3-4H2,(H,30,32). The van der Waals surface area contributed by atoms with Crippen molar-refractivity contribution in [3.8, 4) is 17.2 Å². The Bertz CT molecular complexity index is 1240. The number of ether oxygens (including phenoxy) is 2. The fraction of sp³-hybridized carbons (Fsp3) is 0.217. The Morgan fingerprint density at radius 1 is 1.03 bits per heavy atom. The second-order valence-corrected chi connectivity index (χ2v) is 7.76. The fourth-order valence-corrected chi connectivity index (χ4v) is 3.31. The number of halogens is 6. The van der Waals surface area contributed by atoms with Crippen LogP contribution < -0.4 is 19.5 Å². The molecule has 4 rings (SSSR count). The average Bonchev–Trinajstić information content (AvgIpc) is 3.60. The maximum Gasteiger partial charge on any atom is 0.573 e. The van der Waals surface area contributed by atoms with E-state index in [1.165, 1.54) is 12.1 Å². The predicted octanol–water partition coefficient (Wildman–Crippen LogP) is 5.90. The molecule has 1 amide bonds. The van der Waals surface area contributed by atoms with Crippen LogP contribution in [0.3, 0.4) is 0 Å². The summed E-state index contributed by atoms with van der Waals surface area (Å²) in [6, 6.07) is 7.89. The summed E-state index contributed by atoms with van der Waals surface area (Å²) in [6.45, 7) is 0. The molecular formula is C23H16F6N2O4. The quantitative estimate of drug-likeness (QED) is 0.250.